The van der Waals surface area contributed by atoms with E-state index < -0.39 is 10.8 Å². The molecule has 20 heavy (non-hydrogen) atoms. The van der Waals surface area contributed by atoms with Crippen LogP contribution in [0.3, 0.4) is 0 Å². The first-order valence-corrected chi connectivity index (χ1v) is 8.80. The summed E-state index contributed by atoms with van der Waals surface area (Å²) in [7, 11) is -1.05. The van der Waals surface area contributed by atoms with Crippen LogP contribution in [0.1, 0.15) is 48.2 Å². The topological polar surface area (TPSA) is 30.0 Å². The van der Waals surface area contributed by atoms with E-state index in [0.29, 0.717) is 11.7 Å². The van der Waals surface area contributed by atoms with Gasteiger partial charge in [-0.05, 0) is 24.6 Å². The molecule has 2 nitrogen and oxygen atoms in total. The van der Waals surface area contributed by atoms with Gasteiger partial charge in [-0.1, -0.05) is 26.0 Å². The summed E-state index contributed by atoms with van der Waals surface area (Å²) in [4.78, 5) is 4.51. The Bertz CT molecular complexity index is 592. The molecule has 0 bridgehead atoms. The van der Waals surface area contributed by atoms with Crippen LogP contribution in [0.5, 0.6) is 0 Å². The average molecular weight is 311 g/mol. The molecule has 5 heteroatoms. The summed E-state index contributed by atoms with van der Waals surface area (Å²) in [6, 6.07) is 6.20. The molecule has 2 rings (SSSR count). The van der Waals surface area contributed by atoms with E-state index in [0.717, 1.165) is 16.3 Å². The van der Waals surface area contributed by atoms with E-state index in [4.69, 9.17) is 0 Å². The number of aromatic nitrogens is 1. The zero-order chi connectivity index (χ0) is 14.7. The van der Waals surface area contributed by atoms with Gasteiger partial charge in [0.2, 0.25) is 0 Å². The number of halogens is 1. The highest BCUT2D eigenvalue weighted by Gasteiger charge is 2.16. The van der Waals surface area contributed by atoms with Crippen LogP contribution in [0.15, 0.2) is 29.6 Å². The maximum Gasteiger partial charge on any atom is 0.123 e. The second-order valence-electron chi connectivity index (χ2n) is 5.05. The van der Waals surface area contributed by atoms with Gasteiger partial charge >= 0.3 is 0 Å². The van der Waals surface area contributed by atoms with Gasteiger partial charge in [0.25, 0.3) is 0 Å². The molecule has 108 valence electrons. The minimum absolute atomic E-state index is 0.125. The lowest BCUT2D eigenvalue weighted by atomic mass is 10.2. The van der Waals surface area contributed by atoms with Crippen LogP contribution in [0.4, 0.5) is 4.39 Å². The van der Waals surface area contributed by atoms with E-state index in [1.165, 1.54) is 12.1 Å². The summed E-state index contributed by atoms with van der Waals surface area (Å²) in [5, 5.41) is 2.93. The fraction of sp³-hybridized carbons (Fsp3) is 0.400. The van der Waals surface area contributed by atoms with Gasteiger partial charge in [0.05, 0.1) is 21.7 Å². The summed E-state index contributed by atoms with van der Waals surface area (Å²) in [5.41, 5.74) is 1.77. The summed E-state index contributed by atoms with van der Waals surface area (Å²) in [5.74, 6) is 0.575. The highest BCUT2D eigenvalue weighted by molar-refractivity contribution is 7.84. The van der Waals surface area contributed by atoms with E-state index >= 15 is 0 Å². The highest BCUT2D eigenvalue weighted by Crippen LogP contribution is 2.24. The third kappa shape index (κ3) is 3.73. The van der Waals surface area contributed by atoms with Crippen LogP contribution in [-0.4, -0.2) is 9.19 Å². The molecule has 0 aliphatic heterocycles. The van der Waals surface area contributed by atoms with Crippen molar-refractivity contribution in [1.82, 2.24) is 4.98 Å². The van der Waals surface area contributed by atoms with Gasteiger partial charge in [-0.15, -0.1) is 11.3 Å². The van der Waals surface area contributed by atoms with E-state index in [2.05, 4.69) is 18.8 Å². The van der Waals surface area contributed by atoms with Crippen molar-refractivity contribution in [2.75, 3.05) is 0 Å². The van der Waals surface area contributed by atoms with Crippen LogP contribution in [-0.2, 0) is 16.6 Å². The average Bonchev–Trinajstić information content (AvgIpc) is 2.87. The second-order valence-corrected chi connectivity index (χ2v) is 7.70. The van der Waals surface area contributed by atoms with Crippen LogP contribution < -0.4 is 0 Å². The first-order chi connectivity index (χ1) is 9.47. The number of rotatable bonds is 5. The lowest BCUT2D eigenvalue weighted by Crippen LogP contribution is -2.06. The van der Waals surface area contributed by atoms with Gasteiger partial charge in [-0.25, -0.2) is 9.37 Å². The van der Waals surface area contributed by atoms with Crippen LogP contribution in [0, 0.1) is 5.82 Å². The van der Waals surface area contributed by atoms with Crippen molar-refractivity contribution in [1.29, 1.82) is 0 Å². The number of thiazole rings is 1. The van der Waals surface area contributed by atoms with Crippen molar-refractivity contribution in [3.63, 3.8) is 0 Å². The lowest BCUT2D eigenvalue weighted by molar-refractivity contribution is 0.626. The number of nitrogens with zero attached hydrogens (tertiary/aromatic N) is 1. The molecule has 2 aromatic rings. The Morgan fingerprint density at radius 2 is 1.90 bits per heavy atom. The largest absolute Gasteiger partial charge is 0.259 e. The zero-order valence-electron chi connectivity index (χ0n) is 11.8. The Balaban J connectivity index is 2.05. The molecular weight excluding hydrogens is 293 g/mol. The summed E-state index contributed by atoms with van der Waals surface area (Å²) in [6.07, 6.45) is 0. The fourth-order valence-corrected chi connectivity index (χ4v) is 3.90. The van der Waals surface area contributed by atoms with Crippen molar-refractivity contribution >= 4 is 22.1 Å². The molecule has 0 unspecified atom stereocenters. The maximum absolute atomic E-state index is 12.9. The minimum atomic E-state index is -1.05. The molecule has 0 N–H and O–H groups in total. The SMILES string of the molecule is CC(C)c1nc(C[S@@](=O)[C@@H](C)c2ccc(F)cc2)cs1. The Kier molecular flexibility index (Phi) is 5.05. The molecule has 0 spiro atoms. The maximum atomic E-state index is 12.9. The quantitative estimate of drug-likeness (QED) is 0.818. The smallest absolute Gasteiger partial charge is 0.123 e. The van der Waals surface area contributed by atoms with E-state index in [1.807, 2.05) is 12.3 Å². The van der Waals surface area contributed by atoms with Gasteiger partial charge < -0.3 is 0 Å². The summed E-state index contributed by atoms with van der Waals surface area (Å²) in [6.45, 7) is 6.10. The van der Waals surface area contributed by atoms with Crippen molar-refractivity contribution in [3.05, 3.63) is 51.7 Å². The minimum Gasteiger partial charge on any atom is -0.259 e. The zero-order valence-corrected chi connectivity index (χ0v) is 13.4. The molecule has 0 aliphatic rings. The lowest BCUT2D eigenvalue weighted by Gasteiger charge is -2.11. The van der Waals surface area contributed by atoms with Gasteiger partial charge in [0.1, 0.15) is 5.82 Å². The van der Waals surface area contributed by atoms with Crippen molar-refractivity contribution in [2.24, 2.45) is 0 Å². The standard InChI is InChI=1S/C15H18FNOS2/c1-10(2)15-17-14(8-19-15)9-20(18)11(3)12-4-6-13(16)7-5-12/h4-8,10-11H,9H2,1-3H3/t11-,20+/m0/s1. The Morgan fingerprint density at radius 3 is 2.45 bits per heavy atom. The Morgan fingerprint density at radius 1 is 1.25 bits per heavy atom. The Hall–Kier alpha value is -1.07. The van der Waals surface area contributed by atoms with Crippen LogP contribution in [0.2, 0.25) is 0 Å². The normalized spacial score (nSPS) is 14.4. The van der Waals surface area contributed by atoms with Gasteiger partial charge in [-0.3, -0.25) is 4.21 Å². The molecule has 2 atom stereocenters. The third-order valence-corrected chi connectivity index (χ3v) is 5.92. The summed E-state index contributed by atoms with van der Waals surface area (Å²) >= 11 is 1.61. The predicted molar refractivity (Wildman–Crippen MR) is 82.9 cm³/mol. The third-order valence-electron chi connectivity index (χ3n) is 3.09. The van der Waals surface area contributed by atoms with Crippen molar-refractivity contribution < 1.29 is 8.60 Å². The number of hydrogen-bond acceptors (Lipinski definition) is 3. The van der Waals surface area contributed by atoms with E-state index in [-0.39, 0.29) is 11.1 Å². The fourth-order valence-electron chi connectivity index (χ4n) is 1.81. The predicted octanol–water partition coefficient (Wildman–Crippen LogP) is 4.42. The second kappa shape index (κ2) is 6.59. The van der Waals surface area contributed by atoms with Gasteiger partial charge in [-0.2, -0.15) is 0 Å². The highest BCUT2D eigenvalue weighted by atomic mass is 32.2. The van der Waals surface area contributed by atoms with Crippen LogP contribution >= 0.6 is 11.3 Å². The number of benzene rings is 1. The molecule has 0 radical (unpaired) electrons. The molecule has 0 aliphatic carbocycles. The molecule has 0 saturated carbocycles. The van der Waals surface area contributed by atoms with Gasteiger partial charge in [0, 0.05) is 22.1 Å². The molecular formula is C15H18FNOS2. The van der Waals surface area contributed by atoms with E-state index in [1.54, 1.807) is 23.5 Å². The molecule has 1 heterocycles. The Labute approximate surface area is 125 Å². The summed E-state index contributed by atoms with van der Waals surface area (Å²) < 4.78 is 25.3. The molecule has 0 amide bonds. The molecule has 1 aromatic heterocycles. The first-order valence-electron chi connectivity index (χ1n) is 6.54. The van der Waals surface area contributed by atoms with E-state index in [9.17, 15) is 8.60 Å². The molecule has 1 aromatic carbocycles. The monoisotopic (exact) mass is 311 g/mol. The van der Waals surface area contributed by atoms with Crippen molar-refractivity contribution in [2.45, 2.75) is 37.7 Å². The van der Waals surface area contributed by atoms with Gasteiger partial charge in [0.15, 0.2) is 0 Å². The molecule has 0 saturated heterocycles. The van der Waals surface area contributed by atoms with Crippen LogP contribution in [0.25, 0.3) is 0 Å². The van der Waals surface area contributed by atoms with Crippen molar-refractivity contribution in [3.8, 4) is 0 Å². The first kappa shape index (κ1) is 15.3. The number of hydrogen-bond donors (Lipinski definition) is 0. The molecule has 0 fully saturated rings.